The average molecular weight is 443 g/mol. The summed E-state index contributed by atoms with van der Waals surface area (Å²) in [4.78, 5) is 4.67. The van der Waals surface area contributed by atoms with E-state index in [2.05, 4.69) is 31.8 Å². The maximum atomic E-state index is 12.6. The molecule has 0 saturated carbocycles. The minimum absolute atomic E-state index is 0.593. The van der Waals surface area contributed by atoms with Gasteiger partial charge in [-0.2, -0.15) is 13.2 Å². The number of methoxy groups -OCH3 is 1. The molecule has 1 aliphatic heterocycles. The summed E-state index contributed by atoms with van der Waals surface area (Å²) in [7, 11) is 1.66. The third kappa shape index (κ3) is 5.17. The second kappa shape index (κ2) is 8.52. The van der Waals surface area contributed by atoms with Gasteiger partial charge < -0.3 is 9.64 Å². The summed E-state index contributed by atoms with van der Waals surface area (Å²) in [5, 5.41) is 0. The van der Waals surface area contributed by atoms with Crippen molar-refractivity contribution in [3.8, 4) is 5.75 Å². The second-order valence-electron chi connectivity index (χ2n) is 6.59. The van der Waals surface area contributed by atoms with Crippen LogP contribution in [0.15, 0.2) is 46.9 Å². The SMILES string of the molecule is COc1cc(N2CCN(CCc3ccc(C(F)(F)F)cc3)CC2)ccc1Br. The van der Waals surface area contributed by atoms with Gasteiger partial charge in [0.15, 0.2) is 0 Å². The van der Waals surface area contributed by atoms with Gasteiger partial charge in [-0.15, -0.1) is 0 Å². The van der Waals surface area contributed by atoms with Crippen molar-refractivity contribution in [3.05, 3.63) is 58.1 Å². The van der Waals surface area contributed by atoms with E-state index < -0.39 is 11.7 Å². The fourth-order valence-corrected chi connectivity index (χ4v) is 3.63. The van der Waals surface area contributed by atoms with Gasteiger partial charge in [0.1, 0.15) is 5.75 Å². The van der Waals surface area contributed by atoms with Crippen molar-refractivity contribution in [3.63, 3.8) is 0 Å². The first kappa shape index (κ1) is 20.0. The van der Waals surface area contributed by atoms with Crippen LogP contribution in [0, 0.1) is 0 Å². The summed E-state index contributed by atoms with van der Waals surface area (Å²) in [6.07, 6.45) is -3.52. The molecule has 1 fully saturated rings. The summed E-state index contributed by atoms with van der Waals surface area (Å²) in [6.45, 7) is 4.54. The molecule has 0 radical (unpaired) electrons. The molecule has 0 aliphatic carbocycles. The van der Waals surface area contributed by atoms with E-state index in [0.29, 0.717) is 0 Å². The van der Waals surface area contributed by atoms with Crippen LogP contribution in [-0.4, -0.2) is 44.7 Å². The summed E-state index contributed by atoms with van der Waals surface area (Å²) in [5.41, 5.74) is 1.48. The Balaban J connectivity index is 1.50. The first-order valence-corrected chi connectivity index (χ1v) is 9.63. The van der Waals surface area contributed by atoms with E-state index in [0.717, 1.165) is 72.8 Å². The molecule has 0 spiro atoms. The van der Waals surface area contributed by atoms with Crippen LogP contribution in [0.1, 0.15) is 11.1 Å². The van der Waals surface area contributed by atoms with Crippen molar-refractivity contribution in [2.75, 3.05) is 44.7 Å². The molecular formula is C20H22BrF3N2O. The molecule has 3 nitrogen and oxygen atoms in total. The van der Waals surface area contributed by atoms with Crippen molar-refractivity contribution in [2.24, 2.45) is 0 Å². The molecule has 0 atom stereocenters. The average Bonchev–Trinajstić information content (AvgIpc) is 2.67. The largest absolute Gasteiger partial charge is 0.495 e. The van der Waals surface area contributed by atoms with Crippen LogP contribution in [0.3, 0.4) is 0 Å². The van der Waals surface area contributed by atoms with Crippen molar-refractivity contribution < 1.29 is 17.9 Å². The van der Waals surface area contributed by atoms with Gasteiger partial charge in [-0.05, 0) is 52.2 Å². The highest BCUT2D eigenvalue weighted by atomic mass is 79.9. The van der Waals surface area contributed by atoms with Crippen LogP contribution >= 0.6 is 15.9 Å². The number of anilines is 1. The summed E-state index contributed by atoms with van der Waals surface area (Å²) in [6, 6.07) is 11.6. The third-order valence-electron chi connectivity index (χ3n) is 4.87. The lowest BCUT2D eigenvalue weighted by atomic mass is 10.1. The number of piperazine rings is 1. The zero-order valence-corrected chi connectivity index (χ0v) is 16.7. The highest BCUT2D eigenvalue weighted by molar-refractivity contribution is 9.10. The molecule has 27 heavy (non-hydrogen) atoms. The van der Waals surface area contributed by atoms with Crippen molar-refractivity contribution in [2.45, 2.75) is 12.6 Å². The quantitative estimate of drug-likeness (QED) is 0.658. The highest BCUT2D eigenvalue weighted by Gasteiger charge is 2.29. The Morgan fingerprint density at radius 2 is 1.67 bits per heavy atom. The van der Waals surface area contributed by atoms with Gasteiger partial charge in [0, 0.05) is 44.5 Å². The number of alkyl halides is 3. The van der Waals surface area contributed by atoms with Gasteiger partial charge >= 0.3 is 6.18 Å². The third-order valence-corrected chi connectivity index (χ3v) is 5.53. The molecule has 146 valence electrons. The summed E-state index contributed by atoms with van der Waals surface area (Å²) < 4.78 is 44.2. The number of hydrogen-bond donors (Lipinski definition) is 0. The van der Waals surface area contributed by atoms with Crippen molar-refractivity contribution in [1.82, 2.24) is 4.90 Å². The lowest BCUT2D eigenvalue weighted by Gasteiger charge is -2.36. The van der Waals surface area contributed by atoms with Crippen LogP contribution < -0.4 is 9.64 Å². The number of halogens is 4. The Labute approximate surface area is 165 Å². The molecule has 1 heterocycles. The molecule has 2 aromatic carbocycles. The monoisotopic (exact) mass is 442 g/mol. The molecule has 1 aliphatic rings. The molecule has 0 unspecified atom stereocenters. The second-order valence-corrected chi connectivity index (χ2v) is 7.45. The predicted molar refractivity (Wildman–Crippen MR) is 104 cm³/mol. The first-order chi connectivity index (χ1) is 12.9. The predicted octanol–water partition coefficient (Wildman–Crippen LogP) is 4.84. The topological polar surface area (TPSA) is 15.7 Å². The van der Waals surface area contributed by atoms with E-state index in [-0.39, 0.29) is 0 Å². The van der Waals surface area contributed by atoms with E-state index in [9.17, 15) is 13.2 Å². The van der Waals surface area contributed by atoms with Crippen molar-refractivity contribution >= 4 is 21.6 Å². The number of nitrogens with zero attached hydrogens (tertiary/aromatic N) is 2. The number of benzene rings is 2. The van der Waals surface area contributed by atoms with E-state index in [1.54, 1.807) is 19.2 Å². The van der Waals surface area contributed by atoms with Crippen LogP contribution in [0.5, 0.6) is 5.75 Å². The van der Waals surface area contributed by atoms with Gasteiger partial charge in [0.25, 0.3) is 0 Å². The van der Waals surface area contributed by atoms with Gasteiger partial charge in [0.05, 0.1) is 17.1 Å². The molecular weight excluding hydrogens is 421 g/mol. The Kier molecular flexibility index (Phi) is 6.32. The summed E-state index contributed by atoms with van der Waals surface area (Å²) >= 11 is 3.47. The number of hydrogen-bond acceptors (Lipinski definition) is 3. The molecule has 3 rings (SSSR count). The number of ether oxygens (including phenoxy) is 1. The van der Waals surface area contributed by atoms with E-state index in [1.165, 1.54) is 0 Å². The van der Waals surface area contributed by atoms with Crippen LogP contribution in [0.25, 0.3) is 0 Å². The first-order valence-electron chi connectivity index (χ1n) is 8.84. The maximum Gasteiger partial charge on any atom is 0.416 e. The molecule has 0 aromatic heterocycles. The van der Waals surface area contributed by atoms with Gasteiger partial charge in [-0.1, -0.05) is 12.1 Å². The smallest absolute Gasteiger partial charge is 0.416 e. The molecule has 0 amide bonds. The minimum atomic E-state index is -4.27. The van der Waals surface area contributed by atoms with E-state index in [1.807, 2.05) is 12.1 Å². The molecule has 1 saturated heterocycles. The molecule has 7 heteroatoms. The lowest BCUT2D eigenvalue weighted by molar-refractivity contribution is -0.137. The Morgan fingerprint density at radius 3 is 2.26 bits per heavy atom. The van der Waals surface area contributed by atoms with Crippen LogP contribution in [0.4, 0.5) is 18.9 Å². The minimum Gasteiger partial charge on any atom is -0.495 e. The Bertz CT molecular complexity index is 757. The maximum absolute atomic E-state index is 12.6. The summed E-state index contributed by atoms with van der Waals surface area (Å²) in [5.74, 6) is 0.817. The standard InChI is InChI=1S/C20H22BrF3N2O/c1-27-19-14-17(6-7-18(19)21)26-12-10-25(11-13-26)9-8-15-2-4-16(5-3-15)20(22,23)24/h2-7,14H,8-13H2,1H3. The zero-order valence-electron chi connectivity index (χ0n) is 15.1. The van der Waals surface area contributed by atoms with E-state index >= 15 is 0 Å². The fraction of sp³-hybridized carbons (Fsp3) is 0.400. The van der Waals surface area contributed by atoms with Crippen LogP contribution in [-0.2, 0) is 12.6 Å². The van der Waals surface area contributed by atoms with Gasteiger partial charge in [-0.3, -0.25) is 4.90 Å². The highest BCUT2D eigenvalue weighted by Crippen LogP contribution is 2.30. The lowest BCUT2D eigenvalue weighted by Crippen LogP contribution is -2.47. The number of rotatable bonds is 5. The zero-order chi connectivity index (χ0) is 19.4. The fourth-order valence-electron chi connectivity index (χ4n) is 3.22. The molecule has 0 N–H and O–H groups in total. The Morgan fingerprint density at radius 1 is 1.00 bits per heavy atom. The van der Waals surface area contributed by atoms with Gasteiger partial charge in [0.2, 0.25) is 0 Å². The normalized spacial score (nSPS) is 15.8. The van der Waals surface area contributed by atoms with Gasteiger partial charge in [-0.25, -0.2) is 0 Å². The molecule has 0 bridgehead atoms. The van der Waals surface area contributed by atoms with E-state index in [4.69, 9.17) is 4.74 Å². The molecule has 2 aromatic rings. The van der Waals surface area contributed by atoms with Crippen LogP contribution in [0.2, 0.25) is 0 Å². The van der Waals surface area contributed by atoms with Crippen molar-refractivity contribution in [1.29, 1.82) is 0 Å². The Hall–Kier alpha value is -1.73.